The van der Waals surface area contributed by atoms with Crippen LogP contribution in [0.25, 0.3) is 5.57 Å². The highest BCUT2D eigenvalue weighted by Crippen LogP contribution is 2.52. The maximum absolute atomic E-state index is 14.1. The smallest absolute Gasteiger partial charge is 0.178 e. The van der Waals surface area contributed by atoms with Gasteiger partial charge in [-0.3, -0.25) is 0 Å². The maximum Gasteiger partial charge on any atom is 0.178 e. The number of rotatable bonds is 1. The van der Waals surface area contributed by atoms with E-state index < -0.39 is 5.82 Å². The molecule has 0 aliphatic carbocycles. The fourth-order valence-electron chi connectivity index (χ4n) is 1.90. The number of benzene rings is 1. The second-order valence-corrected chi connectivity index (χ2v) is 7.05. The predicted octanol–water partition coefficient (Wildman–Crippen LogP) is 4.10. The van der Waals surface area contributed by atoms with Crippen LogP contribution in [-0.4, -0.2) is 9.97 Å². The molecule has 0 fully saturated rings. The molecule has 2 aromatic rings. The summed E-state index contributed by atoms with van der Waals surface area (Å²) in [6, 6.07) is 9.64. The van der Waals surface area contributed by atoms with Gasteiger partial charge in [0, 0.05) is 10.6 Å². The number of fused-ring (bicyclic) bond motifs is 1. The Labute approximate surface area is 149 Å². The molecule has 0 atom stereocenters. The zero-order valence-corrected chi connectivity index (χ0v) is 13.9. The number of allylic oxidation sites excluding steroid dienone is 1. The summed E-state index contributed by atoms with van der Waals surface area (Å²) in [5, 5.41) is 28.5. The van der Waals surface area contributed by atoms with E-state index in [9.17, 15) is 9.65 Å². The van der Waals surface area contributed by atoms with E-state index >= 15 is 0 Å². The summed E-state index contributed by atoms with van der Waals surface area (Å²) in [6.07, 6.45) is 0. The van der Waals surface area contributed by atoms with Gasteiger partial charge < -0.3 is 0 Å². The van der Waals surface area contributed by atoms with Gasteiger partial charge in [0.1, 0.15) is 34.1 Å². The monoisotopic (exact) mass is 371 g/mol. The highest BCUT2D eigenvalue weighted by Gasteiger charge is 2.27. The Morgan fingerprint density at radius 1 is 1.04 bits per heavy atom. The van der Waals surface area contributed by atoms with Gasteiger partial charge in [-0.05, 0) is 18.2 Å². The maximum atomic E-state index is 14.1. The van der Waals surface area contributed by atoms with Crippen molar-refractivity contribution in [3.8, 4) is 18.2 Å². The molecule has 114 valence electrons. The van der Waals surface area contributed by atoms with Crippen LogP contribution in [0.5, 0.6) is 0 Å². The minimum atomic E-state index is -0.611. The van der Waals surface area contributed by atoms with Crippen LogP contribution >= 0.6 is 35.1 Å². The van der Waals surface area contributed by atoms with Gasteiger partial charge in [0.25, 0.3) is 0 Å². The molecule has 1 aliphatic heterocycles. The molecule has 9 heteroatoms. The molecule has 0 radical (unpaired) electrons. The molecular weight excluding hydrogens is 369 g/mol. The van der Waals surface area contributed by atoms with Crippen molar-refractivity contribution in [3.05, 3.63) is 50.2 Å². The first kappa shape index (κ1) is 16.3. The molecule has 1 aliphatic rings. The topological polar surface area (TPSA) is 97.1 Å². The molecule has 5 nitrogen and oxygen atoms in total. The lowest BCUT2D eigenvalue weighted by molar-refractivity contribution is 0.624. The first-order valence-corrected chi connectivity index (χ1v) is 8.26. The van der Waals surface area contributed by atoms with Crippen LogP contribution in [0.4, 0.5) is 4.39 Å². The fourth-order valence-corrected chi connectivity index (χ4v) is 4.36. The third kappa shape index (κ3) is 2.81. The minimum absolute atomic E-state index is 0.0817. The summed E-state index contributed by atoms with van der Waals surface area (Å²) in [4.78, 5) is 8.15. The number of aromatic nitrogens is 2. The van der Waals surface area contributed by atoms with E-state index in [1.54, 1.807) is 12.1 Å². The molecule has 1 aromatic heterocycles. The van der Waals surface area contributed by atoms with E-state index in [1.165, 1.54) is 12.1 Å². The highest BCUT2D eigenvalue weighted by atomic mass is 35.5. The standard InChI is InChI=1S/C15H3ClFN5S2/c16-7-1-2-8(10(17)3-7)9(4-18)15-23-13-14(24-15)22-12(6-20)11(5-19)21-13/h1-3H. The van der Waals surface area contributed by atoms with Gasteiger partial charge in [-0.15, -0.1) is 0 Å². The van der Waals surface area contributed by atoms with Crippen LogP contribution in [0.15, 0.2) is 32.5 Å². The Kier molecular flexibility index (Phi) is 4.42. The Morgan fingerprint density at radius 3 is 2.08 bits per heavy atom. The number of hydrogen-bond acceptors (Lipinski definition) is 7. The van der Waals surface area contributed by atoms with Crippen molar-refractivity contribution < 1.29 is 4.39 Å². The summed E-state index contributed by atoms with van der Waals surface area (Å²) >= 11 is 7.96. The number of nitrogens with zero attached hydrogens (tertiary/aromatic N) is 5. The van der Waals surface area contributed by atoms with Crippen LogP contribution in [0, 0.1) is 39.8 Å². The lowest BCUT2D eigenvalue weighted by Crippen LogP contribution is -1.96. The quantitative estimate of drug-likeness (QED) is 0.696. The number of hydrogen-bond donors (Lipinski definition) is 0. The highest BCUT2D eigenvalue weighted by molar-refractivity contribution is 8.24. The van der Waals surface area contributed by atoms with Gasteiger partial charge in [0.2, 0.25) is 0 Å². The lowest BCUT2D eigenvalue weighted by Gasteiger charge is -2.04. The van der Waals surface area contributed by atoms with Crippen LogP contribution in [-0.2, 0) is 0 Å². The number of halogens is 2. The molecule has 0 spiro atoms. The van der Waals surface area contributed by atoms with Crippen molar-refractivity contribution in [2.45, 2.75) is 10.1 Å². The number of thioether (sulfide) groups is 2. The van der Waals surface area contributed by atoms with Gasteiger partial charge >= 0.3 is 0 Å². The van der Waals surface area contributed by atoms with E-state index in [1.807, 2.05) is 6.07 Å². The zero-order valence-electron chi connectivity index (χ0n) is 11.5. The average molecular weight is 372 g/mol. The van der Waals surface area contributed by atoms with Crippen LogP contribution < -0.4 is 0 Å². The van der Waals surface area contributed by atoms with Gasteiger partial charge in [-0.1, -0.05) is 35.1 Å². The van der Waals surface area contributed by atoms with Crippen molar-refractivity contribution >= 4 is 40.7 Å². The van der Waals surface area contributed by atoms with Crippen molar-refractivity contribution in [1.29, 1.82) is 15.8 Å². The summed E-state index contributed by atoms with van der Waals surface area (Å²) in [7, 11) is 0. The molecule has 24 heavy (non-hydrogen) atoms. The largest absolute Gasteiger partial charge is 0.224 e. The van der Waals surface area contributed by atoms with Crippen LogP contribution in [0.1, 0.15) is 17.0 Å². The third-order valence-corrected chi connectivity index (χ3v) is 5.54. The van der Waals surface area contributed by atoms with E-state index in [0.29, 0.717) is 14.3 Å². The van der Waals surface area contributed by atoms with Crippen molar-refractivity contribution in [2.24, 2.45) is 0 Å². The number of nitriles is 3. The Hall–Kier alpha value is -2.57. The van der Waals surface area contributed by atoms with E-state index in [-0.39, 0.29) is 27.5 Å². The van der Waals surface area contributed by atoms with Crippen LogP contribution in [0.3, 0.4) is 0 Å². The molecule has 0 saturated carbocycles. The molecule has 0 bridgehead atoms. The van der Waals surface area contributed by atoms with Gasteiger partial charge in [0.05, 0.1) is 9.81 Å². The second-order valence-electron chi connectivity index (χ2n) is 4.36. The molecule has 0 unspecified atom stereocenters. The molecule has 0 saturated heterocycles. The molecule has 1 aromatic carbocycles. The van der Waals surface area contributed by atoms with Crippen molar-refractivity contribution in [1.82, 2.24) is 9.97 Å². The van der Waals surface area contributed by atoms with E-state index in [2.05, 4.69) is 9.97 Å². The van der Waals surface area contributed by atoms with Gasteiger partial charge in [-0.25, -0.2) is 14.4 Å². The lowest BCUT2D eigenvalue weighted by atomic mass is 10.1. The summed E-state index contributed by atoms with van der Waals surface area (Å²) < 4.78 is 14.6. The molecular formula is C15H3ClFN5S2. The molecule has 0 amide bonds. The fraction of sp³-hybridized carbons (Fsp3) is 0. The second kappa shape index (κ2) is 6.51. The summed E-state index contributed by atoms with van der Waals surface area (Å²) in [5.41, 5.74) is 0.0743. The first-order chi connectivity index (χ1) is 11.6. The average Bonchev–Trinajstić information content (AvgIpc) is 2.98. The Bertz CT molecular complexity index is 985. The Morgan fingerprint density at radius 2 is 1.62 bits per heavy atom. The summed E-state index contributed by atoms with van der Waals surface area (Å²) in [5.74, 6) is -0.611. The predicted molar refractivity (Wildman–Crippen MR) is 87.1 cm³/mol. The molecule has 0 N–H and O–H groups in total. The Balaban J connectivity index is 2.10. The normalized spacial score (nSPS) is 12.0. The molecule has 2 heterocycles. The minimum Gasteiger partial charge on any atom is -0.224 e. The van der Waals surface area contributed by atoms with Gasteiger partial charge in [0.15, 0.2) is 11.4 Å². The van der Waals surface area contributed by atoms with E-state index in [0.717, 1.165) is 29.6 Å². The first-order valence-electron chi connectivity index (χ1n) is 6.25. The third-order valence-electron chi connectivity index (χ3n) is 2.94. The van der Waals surface area contributed by atoms with Crippen LogP contribution in [0.2, 0.25) is 5.02 Å². The van der Waals surface area contributed by atoms with E-state index in [4.69, 9.17) is 22.1 Å². The molecule has 3 rings (SSSR count). The van der Waals surface area contributed by atoms with Crippen molar-refractivity contribution in [2.75, 3.05) is 0 Å². The van der Waals surface area contributed by atoms with Gasteiger partial charge in [-0.2, -0.15) is 15.8 Å². The SMILES string of the molecule is N#CC(=C1Sc2nc(C#N)c(C#N)nc2S1)c1ccc(Cl)cc1F. The summed E-state index contributed by atoms with van der Waals surface area (Å²) in [6.45, 7) is 0. The zero-order chi connectivity index (χ0) is 17.3. The van der Waals surface area contributed by atoms with Crippen molar-refractivity contribution in [3.63, 3.8) is 0 Å².